The normalized spacial score (nSPS) is 29.6. The van der Waals surface area contributed by atoms with Crippen LogP contribution >= 0.6 is 0 Å². The minimum absolute atomic E-state index is 0.0394. The van der Waals surface area contributed by atoms with Gasteiger partial charge in [-0.25, -0.2) is 4.79 Å². The van der Waals surface area contributed by atoms with E-state index in [0.29, 0.717) is 18.4 Å². The molecule has 1 aromatic carbocycles. The monoisotopic (exact) mass is 587 g/mol. The van der Waals surface area contributed by atoms with E-state index in [2.05, 4.69) is 5.32 Å². The Bertz CT molecular complexity index is 1420. The lowest BCUT2D eigenvalue weighted by Crippen LogP contribution is -2.68. The summed E-state index contributed by atoms with van der Waals surface area (Å²) in [6.45, 7) is 5.30. The Morgan fingerprint density at radius 2 is 1.81 bits per heavy atom. The molecule has 0 heterocycles. The summed E-state index contributed by atoms with van der Waals surface area (Å²) >= 11 is 0. The number of Topliss-reactive ketones (excluding diaryl/α,β-unsaturated/α-hetero) is 2. The van der Waals surface area contributed by atoms with Crippen LogP contribution in [0.4, 0.5) is 5.69 Å². The average molecular weight is 588 g/mol. The zero-order valence-corrected chi connectivity index (χ0v) is 24.0. The van der Waals surface area contributed by atoms with Crippen molar-refractivity contribution in [2.45, 2.75) is 63.3 Å². The zero-order chi connectivity index (χ0) is 31.4. The van der Waals surface area contributed by atoms with Gasteiger partial charge in [0.2, 0.25) is 5.78 Å². The number of aromatic hydroxyl groups is 1. The molecule has 13 nitrogen and oxygen atoms in total. The van der Waals surface area contributed by atoms with Crippen molar-refractivity contribution in [3.63, 3.8) is 0 Å². The van der Waals surface area contributed by atoms with Gasteiger partial charge in [0.1, 0.15) is 28.9 Å². The number of rotatable bonds is 8. The number of carbonyl (C=O) groups is 4. The van der Waals surface area contributed by atoms with Gasteiger partial charge < -0.3 is 41.3 Å². The van der Waals surface area contributed by atoms with Crippen molar-refractivity contribution in [2.24, 2.45) is 17.6 Å². The standard InChI is InChI=1S/C29H37N3O10/c1-6-8-14(28(40)42-7-2)31-13-10-9-12-11(3)15-17(22(34)16(12)21(13)33)25(37)29(41)19(23(15)35)20(32(4)5)24(36)18(26(29)38)27(30)39/h9-11,14-15,19-20,23,31,33,35-37,41H,6-8H2,1-5H3,(H2,30,39)/t11-,14?,15+,19+,20-,23-,29-/m0/s1. The quantitative estimate of drug-likeness (QED) is 0.128. The fourth-order valence-corrected chi connectivity index (χ4v) is 6.71. The number of fused-ring (bicyclic) bond motifs is 3. The molecule has 1 amide bonds. The van der Waals surface area contributed by atoms with Crippen molar-refractivity contribution in [3.05, 3.63) is 45.9 Å². The Morgan fingerprint density at radius 1 is 1.17 bits per heavy atom. The number of ether oxygens (including phenoxy) is 1. The molecular formula is C29H37N3O10. The third-order valence-corrected chi connectivity index (χ3v) is 8.61. The summed E-state index contributed by atoms with van der Waals surface area (Å²) in [4.78, 5) is 53.5. The van der Waals surface area contributed by atoms with Crippen LogP contribution in [0.3, 0.4) is 0 Å². The summed E-state index contributed by atoms with van der Waals surface area (Å²) in [5.41, 5.74) is 0.984. The number of primary amides is 1. The number of nitrogens with two attached hydrogens (primary N) is 1. The summed E-state index contributed by atoms with van der Waals surface area (Å²) in [5, 5.41) is 60.0. The van der Waals surface area contributed by atoms with E-state index in [1.54, 1.807) is 19.9 Å². The number of likely N-dealkylation sites (N-methyl/N-ethyl adjacent to an activating group) is 1. The number of esters is 1. The van der Waals surface area contributed by atoms with Crippen molar-refractivity contribution in [2.75, 3.05) is 26.0 Å². The van der Waals surface area contributed by atoms with Gasteiger partial charge in [-0.15, -0.1) is 0 Å². The summed E-state index contributed by atoms with van der Waals surface area (Å²) in [6.07, 6.45) is -0.706. The average Bonchev–Trinajstić information content (AvgIpc) is 2.91. The number of nitrogens with one attached hydrogen (secondary N) is 1. The van der Waals surface area contributed by atoms with Gasteiger partial charge >= 0.3 is 5.97 Å². The van der Waals surface area contributed by atoms with Crippen LogP contribution in [0.2, 0.25) is 0 Å². The molecule has 42 heavy (non-hydrogen) atoms. The predicted octanol–water partition coefficient (Wildman–Crippen LogP) is 0.796. The van der Waals surface area contributed by atoms with Gasteiger partial charge in [0.05, 0.1) is 35.9 Å². The predicted molar refractivity (Wildman–Crippen MR) is 149 cm³/mol. The minimum atomic E-state index is -2.99. The Labute approximate surface area is 242 Å². The van der Waals surface area contributed by atoms with Gasteiger partial charge in [0.25, 0.3) is 5.91 Å². The number of anilines is 1. The highest BCUT2D eigenvalue weighted by Crippen LogP contribution is 2.56. The molecule has 0 saturated carbocycles. The van der Waals surface area contributed by atoms with Crippen molar-refractivity contribution in [1.29, 1.82) is 0 Å². The fraction of sp³-hybridized carbons (Fsp3) is 0.517. The maximum absolute atomic E-state index is 14.0. The van der Waals surface area contributed by atoms with Gasteiger partial charge in [-0.1, -0.05) is 26.3 Å². The fourth-order valence-electron chi connectivity index (χ4n) is 6.71. The lowest BCUT2D eigenvalue weighted by Gasteiger charge is -2.53. The molecule has 0 spiro atoms. The Morgan fingerprint density at radius 3 is 2.36 bits per heavy atom. The van der Waals surface area contributed by atoms with E-state index in [0.717, 1.165) is 0 Å². The molecule has 1 aromatic rings. The molecule has 8 N–H and O–H groups in total. The summed E-state index contributed by atoms with van der Waals surface area (Å²) in [5.74, 6) is -10.2. The first-order valence-electron chi connectivity index (χ1n) is 13.8. The summed E-state index contributed by atoms with van der Waals surface area (Å²) < 4.78 is 5.11. The smallest absolute Gasteiger partial charge is 0.328 e. The number of benzene rings is 1. The van der Waals surface area contributed by atoms with E-state index >= 15 is 0 Å². The van der Waals surface area contributed by atoms with Gasteiger partial charge in [-0.2, -0.15) is 0 Å². The molecule has 4 rings (SSSR count). The minimum Gasteiger partial charge on any atom is -0.510 e. The van der Waals surface area contributed by atoms with Crippen LogP contribution in [-0.4, -0.2) is 98.4 Å². The first-order chi connectivity index (χ1) is 19.7. The van der Waals surface area contributed by atoms with Crippen molar-refractivity contribution in [3.8, 4) is 5.75 Å². The van der Waals surface area contributed by atoms with E-state index in [-0.39, 0.29) is 17.9 Å². The molecule has 0 fully saturated rings. The van der Waals surface area contributed by atoms with Crippen LogP contribution in [0.25, 0.3) is 0 Å². The maximum atomic E-state index is 14.0. The maximum Gasteiger partial charge on any atom is 0.328 e. The number of aliphatic hydroxyl groups is 4. The SMILES string of the molecule is CCCC(Nc1ccc2c(c1O)C(=O)C1=C(O)[C@]3(O)C(=O)C(C(N)=O)=C(O)[C@@H](N(C)C)[C@@H]3[C@@H](O)[C@@H]1[C@H]2C)C(=O)OCC. The number of carbonyl (C=O) groups excluding carboxylic acids is 4. The van der Waals surface area contributed by atoms with Crippen LogP contribution in [-0.2, 0) is 19.1 Å². The highest BCUT2D eigenvalue weighted by atomic mass is 16.5. The molecule has 228 valence electrons. The van der Waals surface area contributed by atoms with Gasteiger partial charge in [-0.3, -0.25) is 19.3 Å². The second kappa shape index (κ2) is 11.0. The lowest BCUT2D eigenvalue weighted by molar-refractivity contribution is -0.162. The molecule has 0 aliphatic heterocycles. The van der Waals surface area contributed by atoms with E-state index in [1.807, 2.05) is 6.92 Å². The molecule has 1 unspecified atom stereocenters. The Kier molecular flexibility index (Phi) is 8.15. The van der Waals surface area contributed by atoms with Gasteiger partial charge in [0.15, 0.2) is 11.4 Å². The van der Waals surface area contributed by atoms with E-state index in [4.69, 9.17) is 10.5 Å². The molecule has 0 radical (unpaired) electrons. The number of hydrogen-bond donors (Lipinski definition) is 7. The van der Waals surface area contributed by atoms with E-state index in [9.17, 15) is 44.7 Å². The van der Waals surface area contributed by atoms with Crippen molar-refractivity contribution >= 4 is 29.1 Å². The van der Waals surface area contributed by atoms with E-state index < -0.39 is 93.4 Å². The highest BCUT2D eigenvalue weighted by Gasteiger charge is 2.67. The number of nitrogens with zero attached hydrogens (tertiary/aromatic N) is 1. The second-order valence-corrected chi connectivity index (χ2v) is 11.2. The number of aliphatic hydroxyl groups excluding tert-OH is 3. The Balaban J connectivity index is 1.91. The molecule has 0 saturated heterocycles. The largest absolute Gasteiger partial charge is 0.510 e. The number of amides is 1. The number of phenolic OH excluding ortho intramolecular Hbond substituents is 1. The van der Waals surface area contributed by atoms with Crippen molar-refractivity contribution in [1.82, 2.24) is 4.90 Å². The molecule has 13 heteroatoms. The molecule has 0 aromatic heterocycles. The highest BCUT2D eigenvalue weighted by molar-refractivity contribution is 6.25. The van der Waals surface area contributed by atoms with Crippen LogP contribution < -0.4 is 11.1 Å². The van der Waals surface area contributed by atoms with Gasteiger partial charge in [-0.05, 0) is 45.0 Å². The first kappa shape index (κ1) is 31.0. The molecule has 3 aliphatic carbocycles. The number of ketones is 2. The topological polar surface area (TPSA) is 220 Å². The summed E-state index contributed by atoms with van der Waals surface area (Å²) in [6, 6.07) is 0.868. The number of phenols is 1. The first-order valence-corrected chi connectivity index (χ1v) is 13.8. The third-order valence-electron chi connectivity index (χ3n) is 8.61. The summed E-state index contributed by atoms with van der Waals surface area (Å²) in [7, 11) is 2.94. The van der Waals surface area contributed by atoms with Crippen LogP contribution in [0.5, 0.6) is 5.75 Å². The van der Waals surface area contributed by atoms with Gasteiger partial charge in [0, 0.05) is 11.5 Å². The molecule has 0 bridgehead atoms. The number of hydrogen-bond acceptors (Lipinski definition) is 12. The van der Waals surface area contributed by atoms with Crippen LogP contribution in [0.15, 0.2) is 34.8 Å². The van der Waals surface area contributed by atoms with Crippen LogP contribution in [0, 0.1) is 11.8 Å². The van der Waals surface area contributed by atoms with E-state index in [1.165, 1.54) is 25.1 Å². The lowest BCUT2D eigenvalue weighted by atomic mass is 9.55. The molecular weight excluding hydrogens is 550 g/mol. The Hall–Kier alpha value is -3.94. The molecule has 3 aliphatic rings. The second-order valence-electron chi connectivity index (χ2n) is 11.2. The molecule has 7 atom stereocenters. The van der Waals surface area contributed by atoms with Crippen molar-refractivity contribution < 1.29 is 49.4 Å². The third kappa shape index (κ3) is 4.34. The zero-order valence-electron chi connectivity index (χ0n) is 24.0. The van der Waals surface area contributed by atoms with Crippen LogP contribution in [0.1, 0.15) is 55.5 Å².